The van der Waals surface area contributed by atoms with Crippen molar-refractivity contribution >= 4 is 14.3 Å². The van der Waals surface area contributed by atoms with Gasteiger partial charge in [0, 0.05) is 6.92 Å². The van der Waals surface area contributed by atoms with Gasteiger partial charge in [-0.1, -0.05) is 44.1 Å². The Morgan fingerprint density at radius 3 is 2.26 bits per heavy atom. The first-order valence-corrected chi connectivity index (χ1v) is 14.9. The number of ether oxygens (including phenoxy) is 2. The van der Waals surface area contributed by atoms with Crippen molar-refractivity contribution in [3.05, 3.63) is 23.3 Å². The Kier molecular flexibility index (Phi) is 10.7. The van der Waals surface area contributed by atoms with Crippen LogP contribution in [0.15, 0.2) is 23.3 Å². The minimum absolute atomic E-state index is 0.00806. The van der Waals surface area contributed by atoms with Gasteiger partial charge in [-0.2, -0.15) is 0 Å². The zero-order valence-electron chi connectivity index (χ0n) is 21.9. The lowest BCUT2D eigenvalue weighted by atomic mass is 10.0. The van der Waals surface area contributed by atoms with Crippen molar-refractivity contribution in [3.63, 3.8) is 0 Å². The van der Waals surface area contributed by atoms with Crippen LogP contribution in [0.5, 0.6) is 0 Å². The highest BCUT2D eigenvalue weighted by molar-refractivity contribution is 6.74. The van der Waals surface area contributed by atoms with Crippen LogP contribution in [0, 0.1) is 0 Å². The fraction of sp³-hybridized carbons (Fsp3) is 0.808. The summed E-state index contributed by atoms with van der Waals surface area (Å²) in [4.78, 5) is 10.9. The van der Waals surface area contributed by atoms with Gasteiger partial charge in [0.1, 0.15) is 5.60 Å². The van der Waals surface area contributed by atoms with Crippen molar-refractivity contribution in [1.82, 2.24) is 0 Å². The lowest BCUT2D eigenvalue weighted by Gasteiger charge is -2.36. The Hall–Kier alpha value is -0.913. The Morgan fingerprint density at radius 2 is 1.68 bits per heavy atom. The maximum absolute atomic E-state index is 10.9. The molecule has 0 aromatic heterocycles. The van der Waals surface area contributed by atoms with E-state index in [4.69, 9.17) is 13.9 Å². The average molecular weight is 453 g/mol. The van der Waals surface area contributed by atoms with Gasteiger partial charge in [0.05, 0.1) is 18.8 Å². The second-order valence-electron chi connectivity index (χ2n) is 11.1. The highest BCUT2D eigenvalue weighted by Crippen LogP contribution is 2.43. The van der Waals surface area contributed by atoms with Crippen molar-refractivity contribution in [3.8, 4) is 0 Å². The topological polar surface area (TPSA) is 48.1 Å². The summed E-state index contributed by atoms with van der Waals surface area (Å²) in [6.45, 7) is 22.2. The van der Waals surface area contributed by atoms with Crippen LogP contribution in [0.3, 0.4) is 0 Å². The van der Waals surface area contributed by atoms with Crippen LogP contribution in [-0.2, 0) is 18.7 Å². The van der Waals surface area contributed by atoms with Crippen LogP contribution in [-0.4, -0.2) is 38.7 Å². The quantitative estimate of drug-likeness (QED) is 0.127. The van der Waals surface area contributed by atoms with E-state index in [2.05, 4.69) is 66.8 Å². The number of rotatable bonds is 13. The highest BCUT2D eigenvalue weighted by atomic mass is 28.4. The number of hydrogen-bond acceptors (Lipinski definition) is 4. The lowest BCUT2D eigenvalue weighted by Crippen LogP contribution is -2.43. The molecule has 180 valence electrons. The molecule has 3 atom stereocenters. The van der Waals surface area contributed by atoms with E-state index in [1.807, 2.05) is 6.92 Å². The van der Waals surface area contributed by atoms with Crippen LogP contribution < -0.4 is 0 Å². The second-order valence-corrected chi connectivity index (χ2v) is 16.0. The maximum atomic E-state index is 10.9. The molecule has 0 N–H and O–H groups in total. The molecule has 1 rings (SSSR count). The molecule has 0 aromatic rings. The zero-order chi connectivity index (χ0) is 23.9. The molecule has 1 aliphatic heterocycles. The van der Waals surface area contributed by atoms with Crippen LogP contribution in [0.1, 0.15) is 93.9 Å². The first-order valence-electron chi connectivity index (χ1n) is 12.0. The molecule has 1 heterocycles. The van der Waals surface area contributed by atoms with Gasteiger partial charge in [-0.15, -0.1) is 0 Å². The molecule has 3 unspecified atom stereocenters. The highest BCUT2D eigenvalue weighted by Gasteiger charge is 2.53. The van der Waals surface area contributed by atoms with Gasteiger partial charge in [-0.25, -0.2) is 0 Å². The van der Waals surface area contributed by atoms with Crippen molar-refractivity contribution in [2.75, 3.05) is 6.61 Å². The number of carbonyl (C=O) groups excluding carboxylic acids is 1. The summed E-state index contributed by atoms with van der Waals surface area (Å²) in [5, 5.41) is 0.236. The standard InChI is InChI=1S/C26H48O4Si/c1-20(15-12-16-22(3)29-23(4)27)13-11-14-21(2)17-18-24-26(8,30-24)19-28-31(9,10)25(5,6)7/h14-15,22,24H,11-13,16-19H2,1-10H3/b20-15+,21-14+. The molecule has 1 aliphatic rings. The first kappa shape index (κ1) is 28.1. The van der Waals surface area contributed by atoms with Gasteiger partial charge >= 0.3 is 5.97 Å². The van der Waals surface area contributed by atoms with Crippen molar-refractivity contribution in [2.24, 2.45) is 0 Å². The summed E-state index contributed by atoms with van der Waals surface area (Å²) in [6.07, 6.45) is 11.1. The summed E-state index contributed by atoms with van der Waals surface area (Å²) in [5.74, 6) is -0.200. The van der Waals surface area contributed by atoms with Gasteiger partial charge in [0.25, 0.3) is 0 Å². The predicted octanol–water partition coefficient (Wildman–Crippen LogP) is 7.35. The van der Waals surface area contributed by atoms with Crippen LogP contribution in [0.4, 0.5) is 0 Å². The number of esters is 1. The summed E-state index contributed by atoms with van der Waals surface area (Å²) in [7, 11) is -1.72. The molecule has 0 radical (unpaired) electrons. The average Bonchev–Trinajstić information content (AvgIpc) is 3.27. The molecule has 0 aromatic carbocycles. The summed E-state index contributed by atoms with van der Waals surface area (Å²) >= 11 is 0. The number of allylic oxidation sites excluding steroid dienone is 4. The molecule has 0 saturated carbocycles. The van der Waals surface area contributed by atoms with E-state index in [0.29, 0.717) is 6.10 Å². The minimum atomic E-state index is -1.72. The Morgan fingerprint density at radius 1 is 1.10 bits per heavy atom. The third-order valence-corrected chi connectivity index (χ3v) is 11.3. The molecule has 0 amide bonds. The molecule has 5 heteroatoms. The van der Waals surface area contributed by atoms with E-state index in [9.17, 15) is 4.79 Å². The fourth-order valence-corrected chi connectivity index (χ4v) is 4.42. The van der Waals surface area contributed by atoms with E-state index in [0.717, 1.165) is 45.1 Å². The monoisotopic (exact) mass is 452 g/mol. The first-order chi connectivity index (χ1) is 14.2. The zero-order valence-corrected chi connectivity index (χ0v) is 22.9. The maximum Gasteiger partial charge on any atom is 0.302 e. The molecule has 1 fully saturated rings. The van der Waals surface area contributed by atoms with Gasteiger partial charge in [0.2, 0.25) is 0 Å². The fourth-order valence-electron chi connectivity index (χ4n) is 3.34. The summed E-state index contributed by atoms with van der Waals surface area (Å²) in [5.41, 5.74) is 2.75. The minimum Gasteiger partial charge on any atom is -0.463 e. The van der Waals surface area contributed by atoms with E-state index in [1.54, 1.807) is 0 Å². The smallest absolute Gasteiger partial charge is 0.302 e. The number of hydrogen-bond donors (Lipinski definition) is 0. The van der Waals surface area contributed by atoms with Crippen LogP contribution >= 0.6 is 0 Å². The molecule has 31 heavy (non-hydrogen) atoms. The van der Waals surface area contributed by atoms with E-state index >= 15 is 0 Å². The SMILES string of the molecule is CC(=O)OC(C)CC/C=C(\C)CC/C=C(\C)CCC1OC1(C)CO[Si](C)(C)C(C)(C)C. The Bertz CT molecular complexity index is 644. The van der Waals surface area contributed by atoms with Gasteiger partial charge < -0.3 is 13.9 Å². The molecule has 0 spiro atoms. The molecule has 4 nitrogen and oxygen atoms in total. The third kappa shape index (κ3) is 10.5. The molecule has 0 bridgehead atoms. The normalized spacial score (nSPS) is 23.6. The molecule has 0 aliphatic carbocycles. The predicted molar refractivity (Wildman–Crippen MR) is 133 cm³/mol. The summed E-state index contributed by atoms with van der Waals surface area (Å²) in [6, 6.07) is 0. The van der Waals surface area contributed by atoms with Crippen molar-refractivity contribution in [1.29, 1.82) is 0 Å². The molecule has 1 saturated heterocycles. The van der Waals surface area contributed by atoms with Crippen LogP contribution in [0.2, 0.25) is 18.1 Å². The van der Waals surface area contributed by atoms with Gasteiger partial charge in [-0.3, -0.25) is 4.79 Å². The molecular formula is C26H48O4Si. The van der Waals surface area contributed by atoms with Crippen molar-refractivity contribution < 1.29 is 18.7 Å². The summed E-state index contributed by atoms with van der Waals surface area (Å²) < 4.78 is 17.6. The lowest BCUT2D eigenvalue weighted by molar-refractivity contribution is -0.145. The molecular weight excluding hydrogens is 404 g/mol. The Balaban J connectivity index is 2.27. The number of epoxide rings is 1. The van der Waals surface area contributed by atoms with E-state index in [-0.39, 0.29) is 22.7 Å². The van der Waals surface area contributed by atoms with E-state index in [1.165, 1.54) is 18.1 Å². The Labute approximate surface area is 192 Å². The van der Waals surface area contributed by atoms with E-state index < -0.39 is 8.32 Å². The second kappa shape index (κ2) is 11.8. The van der Waals surface area contributed by atoms with Gasteiger partial charge in [-0.05, 0) is 84.4 Å². The van der Waals surface area contributed by atoms with Crippen molar-refractivity contribution in [2.45, 2.75) is 130 Å². The third-order valence-electron chi connectivity index (χ3n) is 6.83. The van der Waals surface area contributed by atoms with Crippen LogP contribution in [0.25, 0.3) is 0 Å². The number of carbonyl (C=O) groups is 1. The largest absolute Gasteiger partial charge is 0.463 e. The van der Waals surface area contributed by atoms with Gasteiger partial charge in [0.15, 0.2) is 8.32 Å².